The summed E-state index contributed by atoms with van der Waals surface area (Å²) in [6.07, 6.45) is 1.57. The Hall–Kier alpha value is -4.12. The summed E-state index contributed by atoms with van der Waals surface area (Å²) in [6.45, 7) is 0.0368. The van der Waals surface area contributed by atoms with Crippen molar-refractivity contribution in [3.63, 3.8) is 0 Å². The number of nitrogens with two attached hydrogens (primary N) is 1. The van der Waals surface area contributed by atoms with Gasteiger partial charge in [-0.2, -0.15) is 9.78 Å². The third-order valence-corrected chi connectivity index (χ3v) is 4.15. The maximum Gasteiger partial charge on any atom is 0.293 e. The molecule has 2 heterocycles. The average Bonchev–Trinajstić information content (AvgIpc) is 3.34. The molecule has 11 nitrogen and oxygen atoms in total. The average molecular weight is 392 g/mol. The van der Waals surface area contributed by atoms with Crippen LogP contribution in [0, 0.1) is 0 Å². The fraction of sp³-hybridized carbons (Fsp3) is 0.111. The second-order valence-electron chi connectivity index (χ2n) is 5.97. The smallest absolute Gasteiger partial charge is 0.293 e. The number of nitrogens with zero attached hydrogens (tertiary/aromatic N) is 6. The molecule has 0 saturated heterocycles. The fourth-order valence-corrected chi connectivity index (χ4v) is 2.83. The van der Waals surface area contributed by atoms with Gasteiger partial charge in [0.05, 0.1) is 12.8 Å². The third-order valence-electron chi connectivity index (χ3n) is 4.15. The monoisotopic (exact) mass is 392 g/mol. The maximum atomic E-state index is 12.6. The first-order valence-electron chi connectivity index (χ1n) is 8.52. The van der Waals surface area contributed by atoms with Crippen LogP contribution in [-0.2, 0) is 11.3 Å². The molecule has 1 amide bonds. The fourth-order valence-electron chi connectivity index (χ4n) is 2.83. The highest BCUT2D eigenvalue weighted by atomic mass is 16.6. The lowest BCUT2D eigenvalue weighted by Gasteiger charge is -2.04. The molecule has 0 aliphatic heterocycles. The van der Waals surface area contributed by atoms with E-state index >= 15 is 0 Å². The van der Waals surface area contributed by atoms with Gasteiger partial charge in [-0.15, -0.1) is 5.10 Å². The van der Waals surface area contributed by atoms with Gasteiger partial charge in [-0.05, 0) is 21.1 Å². The highest BCUT2D eigenvalue weighted by Crippen LogP contribution is 2.18. The zero-order valence-electron chi connectivity index (χ0n) is 15.3. The molecule has 2 aromatic carbocycles. The summed E-state index contributed by atoms with van der Waals surface area (Å²) in [5.41, 5.74) is 9.36. The number of carbonyl (C=O) groups is 1. The van der Waals surface area contributed by atoms with Gasteiger partial charge in [0.25, 0.3) is 5.91 Å². The van der Waals surface area contributed by atoms with Crippen molar-refractivity contribution in [3.05, 3.63) is 59.4 Å². The predicted octanol–water partition coefficient (Wildman–Crippen LogP) is 1.30. The summed E-state index contributed by atoms with van der Waals surface area (Å²) < 4.78 is 10.9. The summed E-state index contributed by atoms with van der Waals surface area (Å²) in [4.78, 5) is 12.6. The minimum Gasteiger partial charge on any atom is -0.378 e. The standard InChI is InChI=1S/C18H16N8O3/c1-28-10-14-15(21-25-26(14)17-16(19)23-29-24-17)18(27)22-20-9-12-7-4-6-11-5-2-3-8-13(11)12/h2-9H,10H2,1H3,(H2,19,23)(H,22,27). The van der Waals surface area contributed by atoms with Crippen molar-refractivity contribution in [1.82, 2.24) is 30.7 Å². The number of hydrogen-bond donors (Lipinski definition) is 2. The van der Waals surface area contributed by atoms with Crippen molar-refractivity contribution < 1.29 is 14.2 Å². The summed E-state index contributed by atoms with van der Waals surface area (Å²) in [5, 5.41) is 21.1. The van der Waals surface area contributed by atoms with Gasteiger partial charge >= 0.3 is 0 Å². The van der Waals surface area contributed by atoms with E-state index in [4.69, 9.17) is 10.5 Å². The minimum absolute atomic E-state index is 0.00758. The van der Waals surface area contributed by atoms with Crippen LogP contribution in [0.25, 0.3) is 16.6 Å². The van der Waals surface area contributed by atoms with Gasteiger partial charge in [0.2, 0.25) is 11.6 Å². The quantitative estimate of drug-likeness (QED) is 0.369. The minimum atomic E-state index is -0.560. The van der Waals surface area contributed by atoms with Gasteiger partial charge in [0.15, 0.2) is 5.69 Å². The van der Waals surface area contributed by atoms with E-state index in [1.807, 2.05) is 42.5 Å². The predicted molar refractivity (Wildman–Crippen MR) is 103 cm³/mol. The number of anilines is 1. The molecule has 4 aromatic rings. The lowest BCUT2D eigenvalue weighted by molar-refractivity contribution is 0.0944. The largest absolute Gasteiger partial charge is 0.378 e. The summed E-state index contributed by atoms with van der Waals surface area (Å²) >= 11 is 0. The number of ether oxygens (including phenoxy) is 1. The number of methoxy groups -OCH3 is 1. The molecule has 0 radical (unpaired) electrons. The number of rotatable bonds is 6. The van der Waals surface area contributed by atoms with E-state index < -0.39 is 5.91 Å². The highest BCUT2D eigenvalue weighted by Gasteiger charge is 2.23. The summed E-state index contributed by atoms with van der Waals surface area (Å²) in [5.74, 6) is -0.439. The molecule has 0 aliphatic carbocycles. The molecule has 11 heteroatoms. The zero-order valence-corrected chi connectivity index (χ0v) is 15.3. The Balaban J connectivity index is 1.58. The van der Waals surface area contributed by atoms with Crippen LogP contribution in [0.4, 0.5) is 5.82 Å². The number of carbonyl (C=O) groups excluding carboxylic acids is 1. The molecule has 0 aliphatic rings. The molecular weight excluding hydrogens is 376 g/mol. The SMILES string of the molecule is COCc1c(C(=O)NN=Cc2cccc3ccccc23)nnn1-c1nonc1N. The van der Waals surface area contributed by atoms with Gasteiger partial charge in [-0.3, -0.25) is 4.79 Å². The number of nitrogen functional groups attached to an aromatic ring is 1. The number of hydrogen-bond acceptors (Lipinski definition) is 9. The molecule has 2 aromatic heterocycles. The number of aromatic nitrogens is 5. The number of nitrogens with one attached hydrogen (secondary N) is 1. The van der Waals surface area contributed by atoms with Crippen molar-refractivity contribution in [2.75, 3.05) is 12.8 Å². The molecule has 3 N–H and O–H groups in total. The van der Waals surface area contributed by atoms with Crippen molar-refractivity contribution >= 4 is 28.7 Å². The Morgan fingerprint density at radius 3 is 2.90 bits per heavy atom. The first-order chi connectivity index (χ1) is 14.2. The second-order valence-corrected chi connectivity index (χ2v) is 5.97. The first kappa shape index (κ1) is 18.3. The van der Waals surface area contributed by atoms with Crippen molar-refractivity contribution in [2.24, 2.45) is 5.10 Å². The van der Waals surface area contributed by atoms with E-state index in [1.165, 1.54) is 11.8 Å². The first-order valence-corrected chi connectivity index (χ1v) is 8.52. The molecule has 0 saturated carbocycles. The third kappa shape index (κ3) is 3.53. The van der Waals surface area contributed by atoms with E-state index in [2.05, 4.69) is 35.8 Å². The van der Waals surface area contributed by atoms with Crippen LogP contribution in [0.3, 0.4) is 0 Å². The summed E-state index contributed by atoms with van der Waals surface area (Å²) in [6, 6.07) is 13.7. The van der Waals surface area contributed by atoms with Crippen LogP contribution in [0.15, 0.2) is 52.2 Å². The molecular formula is C18H16N8O3. The van der Waals surface area contributed by atoms with E-state index in [9.17, 15) is 4.79 Å². The van der Waals surface area contributed by atoms with E-state index in [-0.39, 0.29) is 23.9 Å². The summed E-state index contributed by atoms with van der Waals surface area (Å²) in [7, 11) is 1.47. The molecule has 0 spiro atoms. The molecule has 0 fully saturated rings. The Morgan fingerprint density at radius 2 is 2.10 bits per heavy atom. The zero-order chi connectivity index (χ0) is 20.2. The number of hydrazone groups is 1. The Bertz CT molecular complexity index is 1190. The van der Waals surface area contributed by atoms with Gasteiger partial charge in [0, 0.05) is 12.7 Å². The Labute approximate surface area is 164 Å². The molecule has 0 atom stereocenters. The van der Waals surface area contributed by atoms with Crippen molar-refractivity contribution in [1.29, 1.82) is 0 Å². The van der Waals surface area contributed by atoms with E-state index in [0.717, 1.165) is 16.3 Å². The maximum absolute atomic E-state index is 12.6. The van der Waals surface area contributed by atoms with Gasteiger partial charge in [-0.1, -0.05) is 47.7 Å². The van der Waals surface area contributed by atoms with Crippen LogP contribution < -0.4 is 11.2 Å². The molecule has 0 bridgehead atoms. The lowest BCUT2D eigenvalue weighted by atomic mass is 10.1. The van der Waals surface area contributed by atoms with Crippen molar-refractivity contribution in [3.8, 4) is 5.82 Å². The van der Waals surface area contributed by atoms with Gasteiger partial charge in [0.1, 0.15) is 5.69 Å². The van der Waals surface area contributed by atoms with Gasteiger partial charge in [-0.25, -0.2) is 10.1 Å². The van der Waals surface area contributed by atoms with Crippen LogP contribution in [0.1, 0.15) is 21.7 Å². The van der Waals surface area contributed by atoms with Crippen LogP contribution >= 0.6 is 0 Å². The number of benzene rings is 2. The lowest BCUT2D eigenvalue weighted by Crippen LogP contribution is -2.20. The second kappa shape index (κ2) is 7.86. The van der Waals surface area contributed by atoms with E-state index in [0.29, 0.717) is 5.69 Å². The molecule has 4 rings (SSSR count). The van der Waals surface area contributed by atoms with Crippen LogP contribution in [0.5, 0.6) is 0 Å². The Morgan fingerprint density at radius 1 is 1.28 bits per heavy atom. The number of fused-ring (bicyclic) bond motifs is 1. The molecule has 29 heavy (non-hydrogen) atoms. The van der Waals surface area contributed by atoms with Crippen LogP contribution in [-0.4, -0.2) is 44.5 Å². The van der Waals surface area contributed by atoms with Gasteiger partial charge < -0.3 is 10.5 Å². The normalized spacial score (nSPS) is 11.3. The van der Waals surface area contributed by atoms with E-state index in [1.54, 1.807) is 6.21 Å². The van der Waals surface area contributed by atoms with Crippen molar-refractivity contribution in [2.45, 2.75) is 6.61 Å². The topological polar surface area (TPSA) is 146 Å². The molecule has 0 unspecified atom stereocenters. The molecule has 146 valence electrons. The Kier molecular flexibility index (Phi) is 4.95. The number of amides is 1. The van der Waals surface area contributed by atoms with Crippen LogP contribution in [0.2, 0.25) is 0 Å². The highest BCUT2D eigenvalue weighted by molar-refractivity contribution is 6.00.